The molecule has 1 aromatic heterocycles. The summed E-state index contributed by atoms with van der Waals surface area (Å²) in [7, 11) is 0. The second-order valence-corrected chi connectivity index (χ2v) is 3.85. The topological polar surface area (TPSA) is 41.6 Å². The summed E-state index contributed by atoms with van der Waals surface area (Å²) in [5.41, 5.74) is 1.49. The molecule has 14 heavy (non-hydrogen) atoms. The van der Waals surface area contributed by atoms with Gasteiger partial charge in [0.1, 0.15) is 11.8 Å². The predicted molar refractivity (Wildman–Crippen MR) is 57.8 cm³/mol. The zero-order chi connectivity index (χ0) is 10.1. The predicted octanol–water partition coefficient (Wildman–Crippen LogP) is 2.69. The van der Waals surface area contributed by atoms with E-state index in [4.69, 9.17) is 5.26 Å². The Kier molecular flexibility index (Phi) is 2.26. The highest BCUT2D eigenvalue weighted by Crippen LogP contribution is 2.21. The molecular formula is C10H8BrN3. The van der Waals surface area contributed by atoms with Gasteiger partial charge in [-0.3, -0.25) is 4.68 Å². The lowest BCUT2D eigenvalue weighted by Crippen LogP contribution is -1.98. The van der Waals surface area contributed by atoms with E-state index in [0.29, 0.717) is 5.69 Å². The van der Waals surface area contributed by atoms with Crippen molar-refractivity contribution in [3.63, 3.8) is 0 Å². The van der Waals surface area contributed by atoms with Crippen molar-refractivity contribution in [3.8, 4) is 6.07 Å². The number of nitrogens with zero attached hydrogens (tertiary/aromatic N) is 3. The van der Waals surface area contributed by atoms with Crippen molar-refractivity contribution in [3.05, 3.63) is 28.4 Å². The molecular weight excluding hydrogens is 242 g/mol. The number of hydrogen-bond donors (Lipinski definition) is 0. The molecule has 0 unspecified atom stereocenters. The van der Waals surface area contributed by atoms with Crippen molar-refractivity contribution < 1.29 is 0 Å². The fourth-order valence-corrected chi connectivity index (χ4v) is 1.80. The molecule has 0 aliphatic carbocycles. The summed E-state index contributed by atoms with van der Waals surface area (Å²) in [5, 5.41) is 14.2. The van der Waals surface area contributed by atoms with Crippen molar-refractivity contribution in [2.75, 3.05) is 0 Å². The van der Waals surface area contributed by atoms with Gasteiger partial charge in [-0.1, -0.05) is 15.9 Å². The molecule has 0 bridgehead atoms. The van der Waals surface area contributed by atoms with Gasteiger partial charge in [-0.2, -0.15) is 10.4 Å². The van der Waals surface area contributed by atoms with E-state index in [1.54, 1.807) is 4.68 Å². The lowest BCUT2D eigenvalue weighted by atomic mass is 10.2. The summed E-state index contributed by atoms with van der Waals surface area (Å²) in [6.45, 7) is 2.69. The van der Waals surface area contributed by atoms with Gasteiger partial charge in [-0.25, -0.2) is 0 Å². The van der Waals surface area contributed by atoms with Crippen molar-refractivity contribution in [2.24, 2.45) is 0 Å². The van der Waals surface area contributed by atoms with Crippen LogP contribution in [0, 0.1) is 11.3 Å². The zero-order valence-electron chi connectivity index (χ0n) is 7.66. The maximum atomic E-state index is 8.98. The van der Waals surface area contributed by atoms with Gasteiger partial charge >= 0.3 is 0 Å². The van der Waals surface area contributed by atoms with Gasteiger partial charge in [-0.15, -0.1) is 0 Å². The third-order valence-corrected chi connectivity index (χ3v) is 2.60. The number of aromatic nitrogens is 2. The molecule has 0 atom stereocenters. The smallest absolute Gasteiger partial charge is 0.146 e. The largest absolute Gasteiger partial charge is 0.254 e. The zero-order valence-corrected chi connectivity index (χ0v) is 9.24. The number of fused-ring (bicyclic) bond motifs is 1. The van der Waals surface area contributed by atoms with E-state index >= 15 is 0 Å². The van der Waals surface area contributed by atoms with E-state index in [-0.39, 0.29) is 0 Å². The van der Waals surface area contributed by atoms with Crippen LogP contribution in [0.5, 0.6) is 0 Å². The van der Waals surface area contributed by atoms with Gasteiger partial charge in [0.25, 0.3) is 0 Å². The molecule has 0 radical (unpaired) electrons. The van der Waals surface area contributed by atoms with Crippen LogP contribution in [0.2, 0.25) is 0 Å². The first-order chi connectivity index (χ1) is 6.76. The van der Waals surface area contributed by atoms with E-state index in [0.717, 1.165) is 21.9 Å². The van der Waals surface area contributed by atoms with Crippen LogP contribution >= 0.6 is 15.9 Å². The Morgan fingerprint density at radius 3 is 3.00 bits per heavy atom. The average molecular weight is 250 g/mol. The van der Waals surface area contributed by atoms with Gasteiger partial charge in [0.05, 0.1) is 5.52 Å². The lowest BCUT2D eigenvalue weighted by molar-refractivity contribution is 0.659. The SMILES string of the molecule is CCn1nc2cc(Br)ccc2c1C#N. The second kappa shape index (κ2) is 3.43. The van der Waals surface area contributed by atoms with E-state index in [1.807, 2.05) is 25.1 Å². The van der Waals surface area contributed by atoms with Crippen LogP contribution in [0.25, 0.3) is 10.9 Å². The molecule has 0 saturated carbocycles. The maximum absolute atomic E-state index is 8.98. The monoisotopic (exact) mass is 249 g/mol. The fraction of sp³-hybridized carbons (Fsp3) is 0.200. The molecule has 2 aromatic rings. The number of benzene rings is 1. The summed E-state index contributed by atoms with van der Waals surface area (Å²) in [6.07, 6.45) is 0. The molecule has 0 amide bonds. The highest BCUT2D eigenvalue weighted by atomic mass is 79.9. The van der Waals surface area contributed by atoms with Crippen LogP contribution in [-0.2, 0) is 6.54 Å². The van der Waals surface area contributed by atoms with Crippen LogP contribution in [0.4, 0.5) is 0 Å². The van der Waals surface area contributed by atoms with Crippen LogP contribution in [0.3, 0.4) is 0 Å². The van der Waals surface area contributed by atoms with Crippen molar-refractivity contribution in [1.82, 2.24) is 9.78 Å². The van der Waals surface area contributed by atoms with Crippen molar-refractivity contribution in [1.29, 1.82) is 5.26 Å². The molecule has 70 valence electrons. The average Bonchev–Trinajstić information content (AvgIpc) is 2.54. The minimum absolute atomic E-state index is 0.634. The minimum Gasteiger partial charge on any atom is -0.254 e. The fourth-order valence-electron chi connectivity index (χ4n) is 1.45. The third-order valence-electron chi connectivity index (χ3n) is 2.11. The van der Waals surface area contributed by atoms with Gasteiger partial charge in [0, 0.05) is 16.4 Å². The normalized spacial score (nSPS) is 10.4. The van der Waals surface area contributed by atoms with Gasteiger partial charge in [0.15, 0.2) is 0 Å². The molecule has 0 aliphatic rings. The Labute approximate surface area is 90.1 Å². The highest BCUT2D eigenvalue weighted by molar-refractivity contribution is 9.10. The lowest BCUT2D eigenvalue weighted by Gasteiger charge is -1.93. The summed E-state index contributed by atoms with van der Waals surface area (Å²) in [5.74, 6) is 0. The summed E-state index contributed by atoms with van der Waals surface area (Å²) < 4.78 is 2.70. The number of halogens is 1. The second-order valence-electron chi connectivity index (χ2n) is 2.94. The first kappa shape index (κ1) is 9.22. The van der Waals surface area contributed by atoms with E-state index in [2.05, 4.69) is 27.1 Å². The van der Waals surface area contributed by atoms with Crippen LogP contribution in [-0.4, -0.2) is 9.78 Å². The third kappa shape index (κ3) is 1.30. The Balaban J connectivity index is 2.81. The quantitative estimate of drug-likeness (QED) is 0.780. The van der Waals surface area contributed by atoms with Crippen LogP contribution in [0.1, 0.15) is 12.6 Å². The number of hydrogen-bond acceptors (Lipinski definition) is 2. The number of rotatable bonds is 1. The summed E-state index contributed by atoms with van der Waals surface area (Å²) in [4.78, 5) is 0. The van der Waals surface area contributed by atoms with Gasteiger partial charge in [-0.05, 0) is 25.1 Å². The Bertz CT molecular complexity index is 522. The molecule has 3 nitrogen and oxygen atoms in total. The molecule has 1 aromatic carbocycles. The molecule has 0 N–H and O–H groups in total. The van der Waals surface area contributed by atoms with Crippen LogP contribution in [0.15, 0.2) is 22.7 Å². The molecule has 0 saturated heterocycles. The van der Waals surface area contributed by atoms with Crippen LogP contribution < -0.4 is 0 Å². The van der Waals surface area contributed by atoms with E-state index < -0.39 is 0 Å². The molecule has 0 fully saturated rings. The Morgan fingerprint density at radius 1 is 1.57 bits per heavy atom. The Morgan fingerprint density at radius 2 is 2.36 bits per heavy atom. The summed E-state index contributed by atoms with van der Waals surface area (Å²) in [6, 6.07) is 7.93. The molecule has 2 rings (SSSR count). The van der Waals surface area contributed by atoms with E-state index in [9.17, 15) is 0 Å². The summed E-state index contributed by atoms with van der Waals surface area (Å²) >= 11 is 3.38. The van der Waals surface area contributed by atoms with Gasteiger partial charge in [0.2, 0.25) is 0 Å². The molecule has 0 aliphatic heterocycles. The molecule has 1 heterocycles. The van der Waals surface area contributed by atoms with Gasteiger partial charge < -0.3 is 0 Å². The highest BCUT2D eigenvalue weighted by Gasteiger charge is 2.08. The first-order valence-electron chi connectivity index (χ1n) is 4.32. The van der Waals surface area contributed by atoms with E-state index in [1.165, 1.54) is 0 Å². The van der Waals surface area contributed by atoms with Crippen molar-refractivity contribution in [2.45, 2.75) is 13.5 Å². The number of aryl methyl sites for hydroxylation is 1. The molecule has 4 heteroatoms. The first-order valence-corrected chi connectivity index (χ1v) is 5.11. The number of nitriles is 1. The van der Waals surface area contributed by atoms with Crippen molar-refractivity contribution >= 4 is 26.8 Å². The maximum Gasteiger partial charge on any atom is 0.146 e. The minimum atomic E-state index is 0.634. The standard InChI is InChI=1S/C10H8BrN3/c1-2-14-10(6-12)8-4-3-7(11)5-9(8)13-14/h3-5H,2H2,1H3. The molecule has 0 spiro atoms. The Hall–Kier alpha value is -1.34.